The average Bonchev–Trinajstić information content (AvgIpc) is 2.39. The van der Waals surface area contributed by atoms with Crippen molar-refractivity contribution < 1.29 is 19.3 Å². The summed E-state index contributed by atoms with van der Waals surface area (Å²) in [4.78, 5) is 0. The van der Waals surface area contributed by atoms with Gasteiger partial charge in [0.15, 0.2) is 0 Å². The maximum Gasteiger partial charge on any atom is 0.132 e. The van der Waals surface area contributed by atoms with Crippen LogP contribution >= 0.6 is 0 Å². The van der Waals surface area contributed by atoms with Crippen LogP contribution in [0.2, 0.25) is 0 Å². The molecule has 0 aromatic heterocycles. The van der Waals surface area contributed by atoms with Gasteiger partial charge >= 0.3 is 0 Å². The average molecular weight is 292 g/mol. The zero-order valence-corrected chi connectivity index (χ0v) is 12.6. The standard InChI is InChI=1S/C17H21FO3/c1-10-6-7-17(20)9-13(10)15(21-16(17,2)3)12-5-4-11(19)8-14(12)18/h4-6,8,13,15,19-20H,7,9H2,1-3H3/t13-,15+,17+/m1/s1. The first-order valence-corrected chi connectivity index (χ1v) is 7.29. The Morgan fingerprint density at radius 3 is 2.71 bits per heavy atom. The van der Waals surface area contributed by atoms with E-state index < -0.39 is 23.1 Å². The highest BCUT2D eigenvalue weighted by molar-refractivity contribution is 5.33. The van der Waals surface area contributed by atoms with Gasteiger partial charge in [0.2, 0.25) is 0 Å². The highest BCUT2D eigenvalue weighted by Crippen LogP contribution is 2.53. The van der Waals surface area contributed by atoms with Gasteiger partial charge < -0.3 is 14.9 Å². The molecule has 1 saturated heterocycles. The Hall–Kier alpha value is -1.39. The van der Waals surface area contributed by atoms with Crippen molar-refractivity contribution in [3.8, 4) is 5.75 Å². The molecule has 3 rings (SSSR count). The summed E-state index contributed by atoms with van der Waals surface area (Å²) < 4.78 is 20.3. The van der Waals surface area contributed by atoms with Gasteiger partial charge in [0.1, 0.15) is 11.6 Å². The predicted octanol–water partition coefficient (Wildman–Crippen LogP) is 3.47. The molecule has 2 N–H and O–H groups in total. The van der Waals surface area contributed by atoms with E-state index in [9.17, 15) is 14.6 Å². The fourth-order valence-electron chi connectivity index (χ4n) is 3.46. The molecule has 1 fully saturated rings. The van der Waals surface area contributed by atoms with E-state index in [1.54, 1.807) is 6.07 Å². The van der Waals surface area contributed by atoms with Crippen LogP contribution in [0.4, 0.5) is 4.39 Å². The molecule has 3 nitrogen and oxygen atoms in total. The number of aromatic hydroxyl groups is 1. The largest absolute Gasteiger partial charge is 0.508 e. The Morgan fingerprint density at radius 2 is 2.05 bits per heavy atom. The molecular formula is C17H21FO3. The maximum absolute atomic E-state index is 14.2. The summed E-state index contributed by atoms with van der Waals surface area (Å²) in [7, 11) is 0. The van der Waals surface area contributed by atoms with Crippen LogP contribution in [-0.2, 0) is 4.74 Å². The molecule has 0 unspecified atom stereocenters. The first-order valence-electron chi connectivity index (χ1n) is 7.29. The number of benzene rings is 1. The number of aliphatic hydroxyl groups is 1. The number of rotatable bonds is 1. The smallest absolute Gasteiger partial charge is 0.132 e. The number of ether oxygens (including phenoxy) is 1. The Kier molecular flexibility index (Phi) is 3.15. The van der Waals surface area contributed by atoms with Gasteiger partial charge in [-0.15, -0.1) is 0 Å². The molecule has 4 heteroatoms. The van der Waals surface area contributed by atoms with Crippen molar-refractivity contribution in [2.45, 2.75) is 50.9 Å². The first-order chi connectivity index (χ1) is 9.73. The van der Waals surface area contributed by atoms with E-state index in [0.29, 0.717) is 18.4 Å². The van der Waals surface area contributed by atoms with Gasteiger partial charge in [-0.2, -0.15) is 0 Å². The number of phenolic OH excluding ortho intramolecular Hbond substituents is 1. The van der Waals surface area contributed by atoms with Gasteiger partial charge in [0, 0.05) is 17.5 Å². The third-order valence-corrected chi connectivity index (χ3v) is 5.10. The second-order valence-electron chi connectivity index (χ2n) is 6.75. The Bertz CT molecular complexity index is 608. The molecule has 3 atom stereocenters. The molecule has 2 aliphatic rings. The first kappa shape index (κ1) is 14.5. The highest BCUT2D eigenvalue weighted by Gasteiger charge is 2.55. The van der Waals surface area contributed by atoms with Gasteiger partial charge in [-0.3, -0.25) is 0 Å². The SMILES string of the molecule is CC1=CC[C@]2(O)C[C@H]1[C@H](c1ccc(O)cc1F)OC2(C)C. The van der Waals surface area contributed by atoms with Crippen LogP contribution in [-0.4, -0.2) is 21.4 Å². The molecule has 21 heavy (non-hydrogen) atoms. The predicted molar refractivity (Wildman–Crippen MR) is 77.4 cm³/mol. The molecule has 1 heterocycles. The minimum absolute atomic E-state index is 0.0455. The lowest BCUT2D eigenvalue weighted by molar-refractivity contribution is -0.245. The fraction of sp³-hybridized carbons (Fsp3) is 0.529. The molecule has 1 aliphatic carbocycles. The minimum atomic E-state index is -0.916. The van der Waals surface area contributed by atoms with Gasteiger partial charge in [-0.05, 0) is 45.7 Å². The quantitative estimate of drug-likeness (QED) is 0.779. The van der Waals surface area contributed by atoms with E-state index in [2.05, 4.69) is 0 Å². The number of halogens is 1. The van der Waals surface area contributed by atoms with Crippen molar-refractivity contribution in [2.24, 2.45) is 5.92 Å². The molecule has 0 amide bonds. The van der Waals surface area contributed by atoms with Gasteiger partial charge in [-0.1, -0.05) is 11.6 Å². The summed E-state index contributed by atoms with van der Waals surface area (Å²) in [6.45, 7) is 5.70. The summed E-state index contributed by atoms with van der Waals surface area (Å²) in [6, 6.07) is 4.14. The Balaban J connectivity index is 2.06. The van der Waals surface area contributed by atoms with E-state index in [1.807, 2.05) is 26.8 Å². The maximum atomic E-state index is 14.2. The lowest BCUT2D eigenvalue weighted by Gasteiger charge is -2.54. The van der Waals surface area contributed by atoms with Crippen molar-refractivity contribution in [1.82, 2.24) is 0 Å². The normalized spacial score (nSPS) is 34.4. The molecule has 2 bridgehead atoms. The Labute approximate surface area is 124 Å². The molecule has 1 aromatic rings. The number of hydrogen-bond donors (Lipinski definition) is 2. The summed E-state index contributed by atoms with van der Waals surface area (Å²) >= 11 is 0. The monoisotopic (exact) mass is 292 g/mol. The lowest BCUT2D eigenvalue weighted by Crippen LogP contribution is -2.59. The van der Waals surface area contributed by atoms with E-state index >= 15 is 0 Å². The van der Waals surface area contributed by atoms with Crippen molar-refractivity contribution in [3.63, 3.8) is 0 Å². The third-order valence-electron chi connectivity index (χ3n) is 5.10. The topological polar surface area (TPSA) is 49.7 Å². The van der Waals surface area contributed by atoms with Gasteiger partial charge in [-0.25, -0.2) is 4.39 Å². The highest BCUT2D eigenvalue weighted by atomic mass is 19.1. The van der Waals surface area contributed by atoms with Crippen molar-refractivity contribution in [1.29, 1.82) is 0 Å². The molecule has 0 saturated carbocycles. The molecule has 1 aromatic carbocycles. The van der Waals surface area contributed by atoms with Crippen LogP contribution in [0.25, 0.3) is 0 Å². The number of phenols is 1. The number of hydrogen-bond acceptors (Lipinski definition) is 3. The van der Waals surface area contributed by atoms with Crippen LogP contribution in [0, 0.1) is 11.7 Å². The summed E-state index contributed by atoms with van der Waals surface area (Å²) in [6.07, 6.45) is 2.71. The summed E-state index contributed by atoms with van der Waals surface area (Å²) in [5.41, 5.74) is -0.119. The molecular weight excluding hydrogens is 271 g/mol. The van der Waals surface area contributed by atoms with Crippen LogP contribution in [0.15, 0.2) is 29.8 Å². The lowest BCUT2D eigenvalue weighted by atomic mass is 9.65. The van der Waals surface area contributed by atoms with Crippen molar-refractivity contribution >= 4 is 0 Å². The van der Waals surface area contributed by atoms with Crippen molar-refractivity contribution in [2.75, 3.05) is 0 Å². The van der Waals surface area contributed by atoms with E-state index in [0.717, 1.165) is 11.6 Å². The van der Waals surface area contributed by atoms with E-state index in [-0.39, 0.29) is 11.7 Å². The van der Waals surface area contributed by atoms with E-state index in [1.165, 1.54) is 6.07 Å². The zero-order valence-electron chi connectivity index (χ0n) is 12.6. The van der Waals surface area contributed by atoms with Crippen molar-refractivity contribution in [3.05, 3.63) is 41.2 Å². The summed E-state index contributed by atoms with van der Waals surface area (Å²) in [5.74, 6) is -0.617. The zero-order chi connectivity index (χ0) is 15.4. The van der Waals surface area contributed by atoms with Crippen LogP contribution < -0.4 is 0 Å². The molecule has 114 valence electrons. The summed E-state index contributed by atoms with van der Waals surface area (Å²) in [5, 5.41) is 20.2. The second-order valence-corrected chi connectivity index (χ2v) is 6.75. The molecule has 0 radical (unpaired) electrons. The fourth-order valence-corrected chi connectivity index (χ4v) is 3.46. The Morgan fingerprint density at radius 1 is 1.33 bits per heavy atom. The van der Waals surface area contributed by atoms with Crippen LogP contribution in [0.3, 0.4) is 0 Å². The van der Waals surface area contributed by atoms with Crippen LogP contribution in [0.1, 0.15) is 45.3 Å². The number of fused-ring (bicyclic) bond motifs is 2. The minimum Gasteiger partial charge on any atom is -0.508 e. The molecule has 1 aliphatic heterocycles. The van der Waals surface area contributed by atoms with Gasteiger partial charge in [0.05, 0.1) is 17.3 Å². The second kappa shape index (κ2) is 4.55. The third kappa shape index (κ3) is 2.17. The molecule has 0 spiro atoms. The van der Waals surface area contributed by atoms with Crippen LogP contribution in [0.5, 0.6) is 5.75 Å². The van der Waals surface area contributed by atoms with E-state index in [4.69, 9.17) is 4.74 Å². The van der Waals surface area contributed by atoms with Gasteiger partial charge in [0.25, 0.3) is 0 Å².